The van der Waals surface area contributed by atoms with Gasteiger partial charge in [-0.1, -0.05) is 6.07 Å². The van der Waals surface area contributed by atoms with Crippen LogP contribution in [0.5, 0.6) is 0 Å². The number of fused-ring (bicyclic) bond motifs is 1. The number of amides is 1. The zero-order chi connectivity index (χ0) is 20.8. The summed E-state index contributed by atoms with van der Waals surface area (Å²) in [5, 5.41) is 16.8. The summed E-state index contributed by atoms with van der Waals surface area (Å²) in [6, 6.07) is 7.11. The Bertz CT molecular complexity index is 1080. The second kappa shape index (κ2) is 6.90. The minimum atomic E-state index is -4.63. The second-order valence-corrected chi connectivity index (χ2v) is 6.73. The van der Waals surface area contributed by atoms with Crippen LogP contribution >= 0.6 is 0 Å². The number of carbonyl (C=O) groups excluding carboxylic acids is 1. The highest BCUT2D eigenvalue weighted by Gasteiger charge is 2.33. The van der Waals surface area contributed by atoms with Crippen molar-refractivity contribution in [1.82, 2.24) is 14.8 Å². The van der Waals surface area contributed by atoms with Crippen molar-refractivity contribution < 1.29 is 24.4 Å². The minimum Gasteiger partial charge on any atom is -0.396 e. The lowest BCUT2D eigenvalue weighted by Gasteiger charge is -2.33. The number of aliphatic hydroxyl groups is 1. The summed E-state index contributed by atoms with van der Waals surface area (Å²) >= 11 is 0. The maximum Gasteiger partial charge on any atom is 0.433 e. The predicted octanol–water partition coefficient (Wildman–Crippen LogP) is 3.65. The van der Waals surface area contributed by atoms with Crippen LogP contribution in [0.4, 0.5) is 18.9 Å². The average molecular weight is 391 g/mol. The highest BCUT2D eigenvalue weighted by Crippen LogP contribution is 2.37. The van der Waals surface area contributed by atoms with Crippen molar-refractivity contribution in [3.63, 3.8) is 0 Å². The van der Waals surface area contributed by atoms with E-state index in [9.17, 15) is 18.0 Å². The van der Waals surface area contributed by atoms with Crippen LogP contribution in [0, 0.1) is 5.92 Å². The highest BCUT2D eigenvalue weighted by atomic mass is 19.4. The topological polar surface area (TPSA) is 80.0 Å². The number of aliphatic hydroxyl groups excluding tert-OH is 1. The monoisotopic (exact) mass is 391 g/mol. The van der Waals surface area contributed by atoms with Gasteiger partial charge in [-0.15, -0.1) is 0 Å². The number of halogens is 3. The van der Waals surface area contributed by atoms with E-state index in [4.69, 9.17) is 6.48 Å². The van der Waals surface area contributed by atoms with Crippen molar-refractivity contribution in [2.24, 2.45) is 5.92 Å². The molecule has 0 bridgehead atoms. The van der Waals surface area contributed by atoms with Crippen molar-refractivity contribution in [2.75, 3.05) is 11.9 Å². The van der Waals surface area contributed by atoms with Crippen LogP contribution in [-0.4, -0.2) is 32.4 Å². The molecular formula is C19H17F3N4O2. The van der Waals surface area contributed by atoms with Gasteiger partial charge in [-0.2, -0.15) is 18.3 Å². The molecule has 6 nitrogen and oxygen atoms in total. The van der Waals surface area contributed by atoms with Crippen LogP contribution in [0.15, 0.2) is 42.6 Å². The molecule has 4 rings (SSSR count). The van der Waals surface area contributed by atoms with Gasteiger partial charge in [-0.3, -0.25) is 9.48 Å². The lowest BCUT2D eigenvalue weighted by Crippen LogP contribution is -2.29. The minimum absolute atomic E-state index is 0.0428. The number of nitrogens with zero attached hydrogens (tertiary/aromatic N) is 3. The van der Waals surface area contributed by atoms with Gasteiger partial charge >= 0.3 is 6.18 Å². The molecular weight excluding hydrogens is 373 g/mol. The van der Waals surface area contributed by atoms with E-state index in [1.165, 1.54) is 6.07 Å². The number of hydrogen-bond donors (Lipinski definition) is 2. The van der Waals surface area contributed by atoms with E-state index in [2.05, 4.69) is 15.4 Å². The number of benzene rings is 1. The van der Waals surface area contributed by atoms with Gasteiger partial charge in [-0.05, 0) is 49.1 Å². The molecule has 0 saturated heterocycles. The molecule has 146 valence electrons. The lowest BCUT2D eigenvalue weighted by molar-refractivity contribution is -0.141. The van der Waals surface area contributed by atoms with E-state index in [0.717, 1.165) is 12.1 Å². The van der Waals surface area contributed by atoms with Crippen molar-refractivity contribution in [3.05, 3.63) is 54.0 Å². The standard InChI is InChI=1S/C19H17F3N4O2/c20-19(21,22)17-3-1-2-16(24-17)18(28)23-13-4-5-15-12(8-13)9-26(25-15)14-6-11(7-14)10-27/h1-5,8-9,11,14,27H,6-7,10H2,(H,23,28)/i14D. The van der Waals surface area contributed by atoms with E-state index < -0.39 is 23.8 Å². The number of anilines is 1. The van der Waals surface area contributed by atoms with Gasteiger partial charge in [0.25, 0.3) is 5.91 Å². The molecule has 2 heterocycles. The normalized spacial score (nSPS) is 22.6. The molecule has 2 N–H and O–H groups in total. The van der Waals surface area contributed by atoms with Gasteiger partial charge in [0.2, 0.25) is 0 Å². The molecule has 2 aromatic heterocycles. The molecule has 9 heteroatoms. The van der Waals surface area contributed by atoms with Crippen molar-refractivity contribution in [3.8, 4) is 0 Å². The molecule has 1 fully saturated rings. The average Bonchev–Trinajstić information content (AvgIpc) is 3.08. The quantitative estimate of drug-likeness (QED) is 0.712. The SMILES string of the molecule is [2H]C1(n2cc3cc(NC(=O)c4cccc(C(F)(F)F)n4)ccc3n2)CC(CO)C1. The summed E-state index contributed by atoms with van der Waals surface area (Å²) in [7, 11) is 0. The third kappa shape index (κ3) is 3.57. The number of hydrogen-bond acceptors (Lipinski definition) is 4. The number of carbonyl (C=O) groups is 1. The largest absolute Gasteiger partial charge is 0.433 e. The van der Waals surface area contributed by atoms with Crippen molar-refractivity contribution >= 4 is 22.5 Å². The van der Waals surface area contributed by atoms with E-state index >= 15 is 0 Å². The molecule has 0 aliphatic heterocycles. The van der Waals surface area contributed by atoms with Crippen LogP contribution in [0.1, 0.15) is 36.4 Å². The summed E-state index contributed by atoms with van der Waals surface area (Å²) < 4.78 is 48.3. The Morgan fingerprint density at radius 2 is 2.11 bits per heavy atom. The van der Waals surface area contributed by atoms with Gasteiger partial charge < -0.3 is 10.4 Å². The number of pyridine rings is 1. The Morgan fingerprint density at radius 3 is 2.82 bits per heavy atom. The first-order valence-corrected chi connectivity index (χ1v) is 8.64. The van der Waals surface area contributed by atoms with Crippen molar-refractivity contribution in [1.29, 1.82) is 0 Å². The zero-order valence-electron chi connectivity index (χ0n) is 15.6. The third-order valence-electron chi connectivity index (χ3n) is 4.67. The molecule has 0 radical (unpaired) electrons. The van der Waals surface area contributed by atoms with Crippen LogP contribution < -0.4 is 5.32 Å². The van der Waals surface area contributed by atoms with Gasteiger partial charge in [0, 0.05) is 23.9 Å². The predicted molar refractivity (Wildman–Crippen MR) is 95.8 cm³/mol. The number of nitrogens with one attached hydrogen (secondary N) is 1. The molecule has 1 amide bonds. The van der Waals surface area contributed by atoms with Crippen molar-refractivity contribution in [2.45, 2.75) is 25.0 Å². The molecule has 1 aliphatic carbocycles. The summed E-state index contributed by atoms with van der Waals surface area (Å²) in [6.45, 7) is 0.0428. The fourth-order valence-corrected chi connectivity index (χ4v) is 3.10. The number of alkyl halides is 3. The molecule has 3 aromatic rings. The first-order valence-electron chi connectivity index (χ1n) is 9.14. The van der Waals surface area contributed by atoms with Crippen LogP contribution in [0.25, 0.3) is 10.9 Å². The van der Waals surface area contributed by atoms with Gasteiger partial charge in [0.1, 0.15) is 11.4 Å². The molecule has 0 spiro atoms. The second-order valence-electron chi connectivity index (χ2n) is 6.73. The Morgan fingerprint density at radius 1 is 1.32 bits per heavy atom. The molecule has 1 saturated carbocycles. The van der Waals surface area contributed by atoms with E-state index in [1.807, 2.05) is 0 Å². The molecule has 0 atom stereocenters. The Balaban J connectivity index is 1.54. The van der Waals surface area contributed by atoms with Gasteiger partial charge in [0.05, 0.1) is 12.9 Å². The van der Waals surface area contributed by atoms with Gasteiger partial charge in [0.15, 0.2) is 0 Å². The van der Waals surface area contributed by atoms with Crippen LogP contribution in [-0.2, 0) is 6.18 Å². The fourth-order valence-electron chi connectivity index (χ4n) is 3.10. The maximum absolute atomic E-state index is 12.8. The highest BCUT2D eigenvalue weighted by molar-refractivity contribution is 6.03. The zero-order valence-corrected chi connectivity index (χ0v) is 14.6. The molecule has 1 aromatic carbocycles. The van der Waals surface area contributed by atoms with Crippen LogP contribution in [0.3, 0.4) is 0 Å². The van der Waals surface area contributed by atoms with E-state index in [1.54, 1.807) is 29.1 Å². The Kier molecular flexibility index (Phi) is 4.23. The Labute approximate surface area is 159 Å². The smallest absolute Gasteiger partial charge is 0.396 e. The number of rotatable bonds is 4. The fraction of sp³-hybridized carbons (Fsp3) is 0.316. The third-order valence-corrected chi connectivity index (χ3v) is 4.67. The van der Waals surface area contributed by atoms with Gasteiger partial charge in [-0.25, -0.2) is 4.98 Å². The first kappa shape index (κ1) is 17.2. The first-order chi connectivity index (χ1) is 13.7. The molecule has 0 unspecified atom stereocenters. The maximum atomic E-state index is 12.8. The van der Waals surface area contributed by atoms with E-state index in [0.29, 0.717) is 29.4 Å². The van der Waals surface area contributed by atoms with Crippen LogP contribution in [0.2, 0.25) is 0 Å². The summed E-state index contributed by atoms with van der Waals surface area (Å²) in [5.41, 5.74) is -0.476. The summed E-state index contributed by atoms with van der Waals surface area (Å²) in [4.78, 5) is 15.7. The lowest BCUT2D eigenvalue weighted by atomic mass is 9.81. The summed E-state index contributed by atoms with van der Waals surface area (Å²) in [6.07, 6.45) is -1.94. The molecule has 1 aliphatic rings. The van der Waals surface area contributed by atoms with E-state index in [-0.39, 0.29) is 18.2 Å². The molecule has 28 heavy (non-hydrogen) atoms. The summed E-state index contributed by atoms with van der Waals surface area (Å²) in [5.74, 6) is -0.667. The number of aromatic nitrogens is 3. The Hall–Kier alpha value is -2.94.